The lowest BCUT2D eigenvalue weighted by atomic mass is 10.0. The van der Waals surface area contributed by atoms with Gasteiger partial charge in [-0.15, -0.1) is 11.6 Å². The van der Waals surface area contributed by atoms with Crippen molar-refractivity contribution in [2.75, 3.05) is 19.0 Å². The zero-order chi connectivity index (χ0) is 13.3. The topological polar surface area (TPSA) is 21.3 Å². The largest absolute Gasteiger partial charge is 0.493 e. The minimum absolute atomic E-state index is 0.463. The van der Waals surface area contributed by atoms with Crippen molar-refractivity contribution < 1.29 is 4.74 Å². The molecule has 2 nitrogen and oxygen atoms in total. The van der Waals surface area contributed by atoms with Crippen molar-refractivity contribution in [3.05, 3.63) is 28.3 Å². The fourth-order valence-corrected chi connectivity index (χ4v) is 3.50. The number of fused-ring (bicyclic) bond motifs is 1. The Morgan fingerprint density at radius 1 is 1.32 bits per heavy atom. The molecule has 0 amide bonds. The first-order chi connectivity index (χ1) is 9.22. The SMILES string of the molecule is ClCCC1(CNCc2cc(Cl)cc3c2OCC3)CC1. The van der Waals surface area contributed by atoms with Crippen molar-refractivity contribution in [1.82, 2.24) is 5.32 Å². The second kappa shape index (κ2) is 5.51. The lowest BCUT2D eigenvalue weighted by Crippen LogP contribution is -2.24. The number of hydrogen-bond acceptors (Lipinski definition) is 2. The summed E-state index contributed by atoms with van der Waals surface area (Å²) in [6, 6.07) is 4.03. The predicted octanol–water partition coefficient (Wildman–Crippen LogP) is 3.77. The summed E-state index contributed by atoms with van der Waals surface area (Å²) in [5, 5.41) is 4.36. The highest BCUT2D eigenvalue weighted by atomic mass is 35.5. The Balaban J connectivity index is 1.61. The highest BCUT2D eigenvalue weighted by Crippen LogP contribution is 2.48. The van der Waals surface area contributed by atoms with E-state index in [9.17, 15) is 0 Å². The van der Waals surface area contributed by atoms with Gasteiger partial charge in [0.2, 0.25) is 0 Å². The maximum absolute atomic E-state index is 6.16. The van der Waals surface area contributed by atoms with Crippen LogP contribution < -0.4 is 10.1 Å². The average molecular weight is 300 g/mol. The number of halogens is 2. The number of alkyl halides is 1. The minimum atomic E-state index is 0.463. The summed E-state index contributed by atoms with van der Waals surface area (Å²) in [7, 11) is 0. The van der Waals surface area contributed by atoms with Crippen LogP contribution in [0.3, 0.4) is 0 Å². The molecule has 3 rings (SSSR count). The zero-order valence-electron chi connectivity index (χ0n) is 11.0. The summed E-state index contributed by atoms with van der Waals surface area (Å²) in [6.07, 6.45) is 4.69. The third-order valence-corrected chi connectivity index (χ3v) is 4.63. The van der Waals surface area contributed by atoms with Gasteiger partial charge in [0.1, 0.15) is 5.75 Å². The van der Waals surface area contributed by atoms with E-state index in [-0.39, 0.29) is 0 Å². The van der Waals surface area contributed by atoms with Crippen LogP contribution in [0.15, 0.2) is 12.1 Å². The highest BCUT2D eigenvalue weighted by Gasteiger charge is 2.41. The Kier molecular flexibility index (Phi) is 3.93. The van der Waals surface area contributed by atoms with E-state index < -0.39 is 0 Å². The summed E-state index contributed by atoms with van der Waals surface area (Å²) in [4.78, 5) is 0. The Bertz CT molecular complexity index is 471. The first-order valence-electron chi connectivity index (χ1n) is 6.93. The molecule has 104 valence electrons. The van der Waals surface area contributed by atoms with E-state index in [1.165, 1.54) is 24.0 Å². The first kappa shape index (κ1) is 13.5. The zero-order valence-corrected chi connectivity index (χ0v) is 12.5. The summed E-state index contributed by atoms with van der Waals surface area (Å²) in [5.41, 5.74) is 2.89. The van der Waals surface area contributed by atoms with Crippen LogP contribution in [-0.2, 0) is 13.0 Å². The standard InChI is InChI=1S/C15H19Cl2NO/c16-5-4-15(2-3-15)10-18-9-12-8-13(17)7-11-1-6-19-14(11)12/h7-8,18H,1-6,9-10H2. The molecule has 1 fully saturated rings. The molecule has 4 heteroatoms. The number of nitrogens with one attached hydrogen (secondary N) is 1. The first-order valence-corrected chi connectivity index (χ1v) is 7.84. The van der Waals surface area contributed by atoms with Crippen LogP contribution in [0.5, 0.6) is 5.75 Å². The van der Waals surface area contributed by atoms with Crippen LogP contribution in [-0.4, -0.2) is 19.0 Å². The molecular formula is C15H19Cl2NO. The summed E-state index contributed by atoms with van der Waals surface area (Å²) >= 11 is 12.0. The van der Waals surface area contributed by atoms with Crippen LogP contribution in [0.1, 0.15) is 30.4 Å². The third kappa shape index (κ3) is 3.01. The molecule has 0 bridgehead atoms. The fourth-order valence-electron chi connectivity index (χ4n) is 2.83. The van der Waals surface area contributed by atoms with Gasteiger partial charge in [0.15, 0.2) is 0 Å². The lowest BCUT2D eigenvalue weighted by Gasteiger charge is -2.15. The molecule has 19 heavy (non-hydrogen) atoms. The Morgan fingerprint density at radius 2 is 2.16 bits per heavy atom. The third-order valence-electron chi connectivity index (χ3n) is 4.22. The smallest absolute Gasteiger partial charge is 0.127 e. The van der Waals surface area contributed by atoms with Gasteiger partial charge in [-0.1, -0.05) is 11.6 Å². The molecule has 1 aliphatic carbocycles. The molecule has 2 aliphatic rings. The number of hydrogen-bond donors (Lipinski definition) is 1. The van der Waals surface area contributed by atoms with E-state index in [2.05, 4.69) is 5.32 Å². The number of benzene rings is 1. The number of ether oxygens (including phenoxy) is 1. The van der Waals surface area contributed by atoms with Crippen LogP contribution in [0.4, 0.5) is 0 Å². The average Bonchev–Trinajstić information content (AvgIpc) is 2.97. The van der Waals surface area contributed by atoms with Crippen molar-refractivity contribution in [2.45, 2.75) is 32.2 Å². The van der Waals surface area contributed by atoms with Gasteiger partial charge in [0.25, 0.3) is 0 Å². The molecule has 0 radical (unpaired) electrons. The fraction of sp³-hybridized carbons (Fsp3) is 0.600. The molecule has 1 aliphatic heterocycles. The summed E-state index contributed by atoms with van der Waals surface area (Å²) in [5.74, 6) is 1.80. The molecule has 0 saturated heterocycles. The van der Waals surface area contributed by atoms with Crippen molar-refractivity contribution >= 4 is 23.2 Å². The van der Waals surface area contributed by atoms with Gasteiger partial charge in [-0.05, 0) is 42.4 Å². The molecule has 0 unspecified atom stereocenters. The van der Waals surface area contributed by atoms with Crippen molar-refractivity contribution in [3.8, 4) is 5.75 Å². The lowest BCUT2D eigenvalue weighted by molar-refractivity contribution is 0.351. The molecule has 1 aromatic rings. The van der Waals surface area contributed by atoms with Crippen molar-refractivity contribution in [2.24, 2.45) is 5.41 Å². The Morgan fingerprint density at radius 3 is 2.89 bits per heavy atom. The molecule has 1 saturated carbocycles. The van der Waals surface area contributed by atoms with Gasteiger partial charge in [0, 0.05) is 36.0 Å². The monoisotopic (exact) mass is 299 g/mol. The molecule has 0 aromatic heterocycles. The van der Waals surface area contributed by atoms with E-state index in [4.69, 9.17) is 27.9 Å². The van der Waals surface area contributed by atoms with E-state index >= 15 is 0 Å². The second-order valence-electron chi connectivity index (χ2n) is 5.69. The molecule has 0 atom stereocenters. The van der Waals surface area contributed by atoms with E-state index in [1.54, 1.807) is 0 Å². The maximum Gasteiger partial charge on any atom is 0.127 e. The maximum atomic E-state index is 6.16. The normalized spacial score (nSPS) is 19.1. The molecule has 1 N–H and O–H groups in total. The quantitative estimate of drug-likeness (QED) is 0.807. The van der Waals surface area contributed by atoms with Gasteiger partial charge in [-0.2, -0.15) is 0 Å². The highest BCUT2D eigenvalue weighted by molar-refractivity contribution is 6.30. The van der Waals surface area contributed by atoms with Gasteiger partial charge in [-0.25, -0.2) is 0 Å². The van der Waals surface area contributed by atoms with Crippen LogP contribution in [0.25, 0.3) is 0 Å². The van der Waals surface area contributed by atoms with Crippen LogP contribution in [0, 0.1) is 5.41 Å². The van der Waals surface area contributed by atoms with Gasteiger partial charge in [-0.3, -0.25) is 0 Å². The van der Waals surface area contributed by atoms with Crippen LogP contribution >= 0.6 is 23.2 Å². The Labute approximate surface area is 124 Å². The summed E-state index contributed by atoms with van der Waals surface area (Å²) in [6.45, 7) is 2.65. The van der Waals surface area contributed by atoms with Gasteiger partial charge in [0.05, 0.1) is 6.61 Å². The number of rotatable bonds is 6. The van der Waals surface area contributed by atoms with Gasteiger partial charge < -0.3 is 10.1 Å². The molecule has 1 aromatic carbocycles. The summed E-state index contributed by atoms with van der Waals surface area (Å²) < 4.78 is 5.71. The molecule has 1 heterocycles. The van der Waals surface area contributed by atoms with E-state index in [0.717, 1.165) is 49.2 Å². The predicted molar refractivity (Wildman–Crippen MR) is 79.4 cm³/mol. The van der Waals surface area contributed by atoms with Crippen molar-refractivity contribution in [3.63, 3.8) is 0 Å². The Hall–Kier alpha value is -0.440. The van der Waals surface area contributed by atoms with E-state index in [0.29, 0.717) is 5.41 Å². The second-order valence-corrected chi connectivity index (χ2v) is 6.51. The minimum Gasteiger partial charge on any atom is -0.493 e. The van der Waals surface area contributed by atoms with Crippen molar-refractivity contribution in [1.29, 1.82) is 0 Å². The molecule has 0 spiro atoms. The van der Waals surface area contributed by atoms with Crippen LogP contribution in [0.2, 0.25) is 5.02 Å². The van der Waals surface area contributed by atoms with Gasteiger partial charge >= 0.3 is 0 Å². The molecular weight excluding hydrogens is 281 g/mol. The van der Waals surface area contributed by atoms with E-state index in [1.807, 2.05) is 12.1 Å².